The van der Waals surface area contributed by atoms with Gasteiger partial charge in [-0.05, 0) is 37.5 Å². The number of nitrogens with zero attached hydrogens (tertiary/aromatic N) is 1. The van der Waals surface area contributed by atoms with Crippen LogP contribution < -0.4 is 15.5 Å². The lowest BCUT2D eigenvalue weighted by Crippen LogP contribution is -2.33. The summed E-state index contributed by atoms with van der Waals surface area (Å²) in [5.74, 6) is -0.310. The summed E-state index contributed by atoms with van der Waals surface area (Å²) >= 11 is 0. The van der Waals surface area contributed by atoms with Gasteiger partial charge in [-0.3, -0.25) is 9.59 Å². The topological polar surface area (TPSA) is 70.7 Å². The van der Waals surface area contributed by atoms with E-state index in [4.69, 9.17) is 4.74 Å². The highest BCUT2D eigenvalue weighted by molar-refractivity contribution is 6.02. The first-order valence-corrected chi connectivity index (χ1v) is 9.00. The Morgan fingerprint density at radius 3 is 2.56 bits per heavy atom. The van der Waals surface area contributed by atoms with Crippen LogP contribution in [0.4, 0.5) is 11.4 Å². The summed E-state index contributed by atoms with van der Waals surface area (Å²) in [4.78, 5) is 26.9. The van der Waals surface area contributed by atoms with Gasteiger partial charge in [-0.1, -0.05) is 13.8 Å². The molecule has 1 fully saturated rings. The molecule has 1 aromatic carbocycles. The molecule has 138 valence electrons. The van der Waals surface area contributed by atoms with E-state index in [0.717, 1.165) is 31.6 Å². The van der Waals surface area contributed by atoms with Gasteiger partial charge in [0.15, 0.2) is 0 Å². The quantitative estimate of drug-likeness (QED) is 0.744. The Kier molecular flexibility index (Phi) is 7.25. The van der Waals surface area contributed by atoms with Crippen molar-refractivity contribution in [2.75, 3.05) is 43.6 Å². The van der Waals surface area contributed by atoms with Gasteiger partial charge in [0, 0.05) is 44.0 Å². The molecule has 6 heteroatoms. The van der Waals surface area contributed by atoms with Crippen molar-refractivity contribution in [1.82, 2.24) is 5.32 Å². The first-order chi connectivity index (χ1) is 12.0. The highest BCUT2D eigenvalue weighted by atomic mass is 16.5. The van der Waals surface area contributed by atoms with Crippen molar-refractivity contribution in [2.24, 2.45) is 5.92 Å². The molecule has 0 radical (unpaired) electrons. The molecule has 0 aromatic heterocycles. The fraction of sp³-hybridized carbons (Fsp3) is 0.579. The summed E-state index contributed by atoms with van der Waals surface area (Å²) in [7, 11) is 1.60. The molecule has 0 saturated carbocycles. The van der Waals surface area contributed by atoms with Gasteiger partial charge in [0.25, 0.3) is 5.91 Å². The number of amides is 2. The minimum atomic E-state index is -0.140. The second kappa shape index (κ2) is 9.42. The van der Waals surface area contributed by atoms with E-state index in [2.05, 4.69) is 15.5 Å². The van der Waals surface area contributed by atoms with Crippen LogP contribution >= 0.6 is 0 Å². The molecule has 6 nitrogen and oxygen atoms in total. The Labute approximate surface area is 149 Å². The molecule has 0 atom stereocenters. The zero-order valence-corrected chi connectivity index (χ0v) is 15.4. The Bertz CT molecular complexity index is 596. The lowest BCUT2D eigenvalue weighted by atomic mass is 10.1. The SMILES string of the molecule is COCCNC(=O)c1cc(NC(=O)C(C)C)ccc1N1CCCCC1. The number of methoxy groups -OCH3 is 1. The van der Waals surface area contributed by atoms with Crippen LogP contribution in [0.15, 0.2) is 18.2 Å². The molecule has 2 amide bonds. The molecule has 1 aliphatic heterocycles. The van der Waals surface area contributed by atoms with E-state index in [1.165, 1.54) is 6.42 Å². The summed E-state index contributed by atoms with van der Waals surface area (Å²) in [6.45, 7) is 6.52. The number of carbonyl (C=O) groups is 2. The summed E-state index contributed by atoms with van der Waals surface area (Å²) in [5.41, 5.74) is 2.17. The zero-order chi connectivity index (χ0) is 18.2. The molecule has 0 unspecified atom stereocenters. The van der Waals surface area contributed by atoms with E-state index in [1.807, 2.05) is 26.0 Å². The number of carbonyl (C=O) groups excluding carboxylic acids is 2. The Morgan fingerprint density at radius 1 is 1.20 bits per heavy atom. The molecule has 0 bridgehead atoms. The van der Waals surface area contributed by atoms with Crippen LogP contribution in [0.1, 0.15) is 43.5 Å². The lowest BCUT2D eigenvalue weighted by Gasteiger charge is -2.30. The van der Waals surface area contributed by atoms with E-state index in [-0.39, 0.29) is 17.7 Å². The predicted molar refractivity (Wildman–Crippen MR) is 100 cm³/mol. The van der Waals surface area contributed by atoms with Gasteiger partial charge in [-0.2, -0.15) is 0 Å². The Hall–Kier alpha value is -2.08. The van der Waals surface area contributed by atoms with Crippen molar-refractivity contribution < 1.29 is 14.3 Å². The zero-order valence-electron chi connectivity index (χ0n) is 15.4. The monoisotopic (exact) mass is 347 g/mol. The molecule has 0 spiro atoms. The van der Waals surface area contributed by atoms with Crippen LogP contribution in [0.3, 0.4) is 0 Å². The van der Waals surface area contributed by atoms with Crippen molar-refractivity contribution in [2.45, 2.75) is 33.1 Å². The maximum Gasteiger partial charge on any atom is 0.253 e. The fourth-order valence-corrected chi connectivity index (χ4v) is 2.85. The first kappa shape index (κ1) is 19.2. The maximum atomic E-state index is 12.6. The molecule has 1 heterocycles. The van der Waals surface area contributed by atoms with E-state index >= 15 is 0 Å². The average molecular weight is 347 g/mol. The first-order valence-electron chi connectivity index (χ1n) is 9.00. The van der Waals surface area contributed by atoms with E-state index in [1.54, 1.807) is 13.2 Å². The molecule has 1 saturated heterocycles. The summed E-state index contributed by atoms with van der Waals surface area (Å²) in [5, 5.41) is 5.75. The van der Waals surface area contributed by atoms with Crippen molar-refractivity contribution in [3.05, 3.63) is 23.8 Å². The number of nitrogens with one attached hydrogen (secondary N) is 2. The smallest absolute Gasteiger partial charge is 0.253 e. The van der Waals surface area contributed by atoms with E-state index in [0.29, 0.717) is 24.4 Å². The largest absolute Gasteiger partial charge is 0.383 e. The molecule has 2 rings (SSSR count). The second-order valence-electron chi connectivity index (χ2n) is 6.67. The Balaban J connectivity index is 2.24. The normalized spacial score (nSPS) is 14.5. The second-order valence-corrected chi connectivity index (χ2v) is 6.67. The number of benzene rings is 1. The van der Waals surface area contributed by atoms with Gasteiger partial charge in [0.05, 0.1) is 12.2 Å². The van der Waals surface area contributed by atoms with Crippen molar-refractivity contribution >= 4 is 23.2 Å². The molecule has 25 heavy (non-hydrogen) atoms. The summed E-state index contributed by atoms with van der Waals surface area (Å²) in [6, 6.07) is 5.58. The third-order valence-electron chi connectivity index (χ3n) is 4.32. The summed E-state index contributed by atoms with van der Waals surface area (Å²) in [6.07, 6.45) is 3.50. The highest BCUT2D eigenvalue weighted by Gasteiger charge is 2.19. The van der Waals surface area contributed by atoms with Gasteiger partial charge in [0.1, 0.15) is 0 Å². The van der Waals surface area contributed by atoms with E-state index < -0.39 is 0 Å². The highest BCUT2D eigenvalue weighted by Crippen LogP contribution is 2.27. The lowest BCUT2D eigenvalue weighted by molar-refractivity contribution is -0.118. The van der Waals surface area contributed by atoms with Crippen molar-refractivity contribution in [3.63, 3.8) is 0 Å². The Morgan fingerprint density at radius 2 is 1.92 bits per heavy atom. The van der Waals surface area contributed by atoms with Crippen LogP contribution in [-0.4, -0.2) is 45.2 Å². The average Bonchev–Trinajstić information content (AvgIpc) is 2.62. The maximum absolute atomic E-state index is 12.6. The minimum Gasteiger partial charge on any atom is -0.383 e. The fourth-order valence-electron chi connectivity index (χ4n) is 2.85. The number of piperidine rings is 1. The summed E-state index contributed by atoms with van der Waals surface area (Å²) < 4.78 is 5.00. The number of rotatable bonds is 7. The van der Waals surface area contributed by atoms with Gasteiger partial charge < -0.3 is 20.3 Å². The molecular weight excluding hydrogens is 318 g/mol. The number of anilines is 2. The van der Waals surface area contributed by atoms with Crippen LogP contribution in [0.2, 0.25) is 0 Å². The number of hydrogen-bond donors (Lipinski definition) is 2. The molecule has 2 N–H and O–H groups in total. The molecule has 1 aromatic rings. The van der Waals surface area contributed by atoms with Crippen LogP contribution in [0.5, 0.6) is 0 Å². The van der Waals surface area contributed by atoms with Crippen molar-refractivity contribution in [1.29, 1.82) is 0 Å². The standard InChI is InChI=1S/C19H29N3O3/c1-14(2)18(23)21-15-7-8-17(22-10-5-4-6-11-22)16(13-15)19(24)20-9-12-25-3/h7-8,13-14H,4-6,9-12H2,1-3H3,(H,20,24)(H,21,23). The van der Waals surface area contributed by atoms with Gasteiger partial charge in [-0.15, -0.1) is 0 Å². The van der Waals surface area contributed by atoms with Gasteiger partial charge in [-0.25, -0.2) is 0 Å². The molecule has 0 aliphatic carbocycles. The van der Waals surface area contributed by atoms with Crippen molar-refractivity contribution in [3.8, 4) is 0 Å². The van der Waals surface area contributed by atoms with Crippen LogP contribution in [0.25, 0.3) is 0 Å². The van der Waals surface area contributed by atoms with E-state index in [9.17, 15) is 9.59 Å². The predicted octanol–water partition coefficient (Wildman–Crippen LogP) is 2.65. The van der Waals surface area contributed by atoms with Crippen LogP contribution in [-0.2, 0) is 9.53 Å². The third-order valence-corrected chi connectivity index (χ3v) is 4.32. The molecule has 1 aliphatic rings. The van der Waals surface area contributed by atoms with Crippen LogP contribution in [0, 0.1) is 5.92 Å². The van der Waals surface area contributed by atoms with Gasteiger partial charge >= 0.3 is 0 Å². The minimum absolute atomic E-state index is 0.0588. The number of hydrogen-bond acceptors (Lipinski definition) is 4. The third kappa shape index (κ3) is 5.46. The number of ether oxygens (including phenoxy) is 1. The van der Waals surface area contributed by atoms with Gasteiger partial charge in [0.2, 0.25) is 5.91 Å². The molecular formula is C19H29N3O3.